The van der Waals surface area contributed by atoms with Gasteiger partial charge in [-0.05, 0) is 17.7 Å². The fraction of sp³-hybridized carbons (Fsp3) is 0.500. The van der Waals surface area contributed by atoms with Gasteiger partial charge < -0.3 is 15.2 Å². The summed E-state index contributed by atoms with van der Waals surface area (Å²) >= 11 is 0. The summed E-state index contributed by atoms with van der Waals surface area (Å²) in [4.78, 5) is 0. The van der Waals surface area contributed by atoms with E-state index in [1.165, 1.54) is 12.1 Å². The molecule has 0 aromatic heterocycles. The minimum absolute atomic E-state index is 0.0671. The summed E-state index contributed by atoms with van der Waals surface area (Å²) in [5, 5.41) is 0. The predicted octanol–water partition coefficient (Wildman–Crippen LogP) is 2.33. The van der Waals surface area contributed by atoms with Crippen LogP contribution in [0.4, 0.5) is 13.2 Å². The van der Waals surface area contributed by atoms with Gasteiger partial charge in [0.25, 0.3) is 0 Å². The Hall–Kier alpha value is -1.27. The molecule has 1 aliphatic heterocycles. The molecule has 1 aromatic carbocycles. The number of alkyl halides is 3. The van der Waals surface area contributed by atoms with Crippen molar-refractivity contribution in [2.45, 2.75) is 25.2 Å². The predicted molar refractivity (Wildman–Crippen MR) is 59.2 cm³/mol. The molecule has 0 aliphatic carbocycles. The maximum absolute atomic E-state index is 12.8. The molecule has 1 aliphatic rings. The molecule has 1 aromatic rings. The van der Waals surface area contributed by atoms with Gasteiger partial charge in [0, 0.05) is 13.0 Å². The number of hydrogen-bond acceptors (Lipinski definition) is 3. The van der Waals surface area contributed by atoms with Gasteiger partial charge in [-0.15, -0.1) is 0 Å². The van der Waals surface area contributed by atoms with Gasteiger partial charge >= 0.3 is 6.18 Å². The molecular weight excluding hydrogens is 247 g/mol. The van der Waals surface area contributed by atoms with Gasteiger partial charge in [-0.25, -0.2) is 0 Å². The largest absolute Gasteiger partial charge is 0.488 e. The third-order valence-electron chi connectivity index (χ3n) is 2.80. The van der Waals surface area contributed by atoms with Crippen molar-refractivity contribution < 1.29 is 22.6 Å². The van der Waals surface area contributed by atoms with Crippen LogP contribution in [0.15, 0.2) is 18.2 Å². The van der Waals surface area contributed by atoms with E-state index in [-0.39, 0.29) is 24.0 Å². The zero-order valence-corrected chi connectivity index (χ0v) is 9.67. The Balaban J connectivity index is 2.22. The van der Waals surface area contributed by atoms with Crippen LogP contribution in [-0.4, -0.2) is 19.3 Å². The molecule has 1 unspecified atom stereocenters. The van der Waals surface area contributed by atoms with E-state index in [1.54, 1.807) is 0 Å². The van der Waals surface area contributed by atoms with Crippen LogP contribution in [0.3, 0.4) is 0 Å². The summed E-state index contributed by atoms with van der Waals surface area (Å²) < 4.78 is 48.9. The van der Waals surface area contributed by atoms with E-state index in [0.717, 1.165) is 6.07 Å². The zero-order chi connectivity index (χ0) is 13.2. The van der Waals surface area contributed by atoms with Crippen LogP contribution in [0.1, 0.15) is 17.5 Å². The molecule has 0 spiro atoms. The third-order valence-corrected chi connectivity index (χ3v) is 2.80. The lowest BCUT2D eigenvalue weighted by atomic mass is 10.1. The first-order chi connectivity index (χ1) is 8.50. The van der Waals surface area contributed by atoms with E-state index in [0.29, 0.717) is 19.6 Å². The highest BCUT2D eigenvalue weighted by atomic mass is 19.4. The molecule has 2 rings (SSSR count). The van der Waals surface area contributed by atoms with Gasteiger partial charge in [0.15, 0.2) is 0 Å². The molecule has 1 atom stereocenters. The minimum Gasteiger partial charge on any atom is -0.488 e. The number of benzene rings is 1. The Bertz CT molecular complexity index is 414. The van der Waals surface area contributed by atoms with Crippen molar-refractivity contribution in [2.75, 3.05) is 13.2 Å². The molecule has 0 radical (unpaired) electrons. The van der Waals surface area contributed by atoms with Crippen molar-refractivity contribution in [3.05, 3.63) is 29.3 Å². The second kappa shape index (κ2) is 5.16. The Labute approximate surface area is 103 Å². The van der Waals surface area contributed by atoms with Crippen molar-refractivity contribution in [3.8, 4) is 5.75 Å². The Morgan fingerprint density at radius 2 is 2.17 bits per heavy atom. The molecule has 2 N–H and O–H groups in total. The summed E-state index contributed by atoms with van der Waals surface area (Å²) in [7, 11) is 0. The Morgan fingerprint density at radius 1 is 1.39 bits per heavy atom. The molecule has 100 valence electrons. The lowest BCUT2D eigenvalue weighted by Gasteiger charge is -2.16. The van der Waals surface area contributed by atoms with Crippen molar-refractivity contribution in [3.63, 3.8) is 0 Å². The number of rotatable bonds is 3. The van der Waals surface area contributed by atoms with Gasteiger partial charge in [-0.1, -0.05) is 6.07 Å². The van der Waals surface area contributed by atoms with Crippen molar-refractivity contribution in [2.24, 2.45) is 5.73 Å². The molecule has 1 fully saturated rings. The Morgan fingerprint density at radius 3 is 2.72 bits per heavy atom. The van der Waals surface area contributed by atoms with Crippen LogP contribution in [0.25, 0.3) is 0 Å². The van der Waals surface area contributed by atoms with Gasteiger partial charge in [0.2, 0.25) is 0 Å². The maximum Gasteiger partial charge on any atom is 0.416 e. The molecule has 6 heteroatoms. The van der Waals surface area contributed by atoms with E-state index in [9.17, 15) is 13.2 Å². The first-order valence-corrected chi connectivity index (χ1v) is 5.65. The molecule has 0 saturated carbocycles. The fourth-order valence-electron chi connectivity index (χ4n) is 1.87. The maximum atomic E-state index is 12.8. The Kier molecular flexibility index (Phi) is 3.77. The average Bonchev–Trinajstić information content (AvgIpc) is 2.80. The zero-order valence-electron chi connectivity index (χ0n) is 9.67. The lowest BCUT2D eigenvalue weighted by Crippen LogP contribution is -2.17. The fourth-order valence-corrected chi connectivity index (χ4v) is 1.87. The van der Waals surface area contributed by atoms with E-state index < -0.39 is 11.7 Å². The van der Waals surface area contributed by atoms with Crippen LogP contribution in [0, 0.1) is 0 Å². The van der Waals surface area contributed by atoms with Gasteiger partial charge in [-0.2, -0.15) is 13.2 Å². The highest BCUT2D eigenvalue weighted by Gasteiger charge is 2.33. The second-order valence-electron chi connectivity index (χ2n) is 4.12. The normalized spacial score (nSPS) is 20.1. The van der Waals surface area contributed by atoms with Crippen molar-refractivity contribution in [1.82, 2.24) is 0 Å². The van der Waals surface area contributed by atoms with Crippen LogP contribution in [-0.2, 0) is 17.5 Å². The molecular formula is C12H14F3NO2. The van der Waals surface area contributed by atoms with Crippen molar-refractivity contribution in [1.29, 1.82) is 0 Å². The van der Waals surface area contributed by atoms with Crippen LogP contribution in [0.2, 0.25) is 0 Å². The highest BCUT2D eigenvalue weighted by molar-refractivity contribution is 5.37. The molecule has 0 amide bonds. The summed E-state index contributed by atoms with van der Waals surface area (Å²) in [5.41, 5.74) is 4.63. The molecule has 1 saturated heterocycles. The van der Waals surface area contributed by atoms with Gasteiger partial charge in [0.05, 0.1) is 18.8 Å². The standard InChI is InChI=1S/C12H14F3NO2/c13-12(14,15)11-5-9(2-1-8(11)6-16)18-10-3-4-17-7-10/h1-2,5,10H,3-4,6-7,16H2. The molecule has 18 heavy (non-hydrogen) atoms. The highest BCUT2D eigenvalue weighted by Crippen LogP contribution is 2.34. The topological polar surface area (TPSA) is 44.5 Å². The quantitative estimate of drug-likeness (QED) is 0.908. The van der Waals surface area contributed by atoms with Crippen LogP contribution in [0.5, 0.6) is 5.75 Å². The summed E-state index contributed by atoms with van der Waals surface area (Å²) in [6.07, 6.45) is -3.89. The first kappa shape index (κ1) is 13.2. The number of ether oxygens (including phenoxy) is 2. The number of nitrogens with two attached hydrogens (primary N) is 1. The lowest BCUT2D eigenvalue weighted by molar-refractivity contribution is -0.138. The van der Waals surface area contributed by atoms with E-state index in [1.807, 2.05) is 0 Å². The summed E-state index contributed by atoms with van der Waals surface area (Å²) in [6, 6.07) is 3.87. The van der Waals surface area contributed by atoms with Crippen molar-refractivity contribution >= 4 is 0 Å². The molecule has 1 heterocycles. The average molecular weight is 261 g/mol. The third kappa shape index (κ3) is 2.94. The van der Waals surface area contributed by atoms with Gasteiger partial charge in [-0.3, -0.25) is 0 Å². The second-order valence-corrected chi connectivity index (χ2v) is 4.12. The van der Waals surface area contributed by atoms with Crippen LogP contribution >= 0.6 is 0 Å². The summed E-state index contributed by atoms with van der Waals surface area (Å²) in [5.74, 6) is 0.204. The minimum atomic E-state index is -4.42. The van der Waals surface area contributed by atoms with E-state index >= 15 is 0 Å². The molecule has 3 nitrogen and oxygen atoms in total. The van der Waals surface area contributed by atoms with E-state index in [2.05, 4.69) is 0 Å². The van der Waals surface area contributed by atoms with Gasteiger partial charge in [0.1, 0.15) is 11.9 Å². The van der Waals surface area contributed by atoms with E-state index in [4.69, 9.17) is 15.2 Å². The smallest absolute Gasteiger partial charge is 0.416 e. The monoisotopic (exact) mass is 261 g/mol. The number of hydrogen-bond donors (Lipinski definition) is 1. The SMILES string of the molecule is NCc1ccc(OC2CCOC2)cc1C(F)(F)F. The van der Waals surface area contributed by atoms with Crippen LogP contribution < -0.4 is 10.5 Å². The first-order valence-electron chi connectivity index (χ1n) is 5.65. The summed E-state index contributed by atoms with van der Waals surface area (Å²) in [6.45, 7) is 0.847. The number of halogens is 3. The molecule has 0 bridgehead atoms.